The molecule has 1 nitrogen and oxygen atoms in total. The average molecular weight is 300 g/mol. The number of fused-ring (bicyclic) bond motifs is 1. The zero-order valence-corrected chi connectivity index (χ0v) is 13.2. The lowest BCUT2D eigenvalue weighted by molar-refractivity contribution is 0.392. The van der Waals surface area contributed by atoms with Gasteiger partial charge in [0, 0.05) is 17.1 Å². The van der Waals surface area contributed by atoms with E-state index in [2.05, 4.69) is 48.6 Å². The Labute approximate surface area is 132 Å². The summed E-state index contributed by atoms with van der Waals surface area (Å²) in [7, 11) is 0. The van der Waals surface area contributed by atoms with Crippen molar-refractivity contribution in [3.8, 4) is 0 Å². The van der Waals surface area contributed by atoms with E-state index in [1.54, 1.807) is 0 Å². The number of benzene rings is 2. The topological polar surface area (TPSA) is 12.0 Å². The van der Waals surface area contributed by atoms with E-state index in [0.717, 1.165) is 17.9 Å². The Morgan fingerprint density at radius 3 is 2.71 bits per heavy atom. The van der Waals surface area contributed by atoms with Crippen LogP contribution in [0.3, 0.4) is 0 Å². The molecule has 0 heterocycles. The molecule has 0 saturated heterocycles. The zero-order chi connectivity index (χ0) is 14.7. The van der Waals surface area contributed by atoms with Crippen molar-refractivity contribution in [3.63, 3.8) is 0 Å². The van der Waals surface area contributed by atoms with Crippen molar-refractivity contribution in [1.29, 1.82) is 0 Å². The maximum atomic E-state index is 6.13. The minimum Gasteiger partial charge on any atom is -0.307 e. The SMILES string of the molecule is CCC(NC1CCc2ccccc2C1)c1cccc(Cl)c1. The molecular formula is C19H22ClN. The van der Waals surface area contributed by atoms with Gasteiger partial charge in [-0.25, -0.2) is 0 Å². The molecule has 0 spiro atoms. The summed E-state index contributed by atoms with van der Waals surface area (Å²) in [6, 6.07) is 18.0. The van der Waals surface area contributed by atoms with Crippen molar-refractivity contribution < 1.29 is 0 Å². The second-order valence-electron chi connectivity index (χ2n) is 5.89. The first-order valence-electron chi connectivity index (χ1n) is 7.84. The molecule has 1 aliphatic rings. The van der Waals surface area contributed by atoms with Crippen molar-refractivity contribution in [2.75, 3.05) is 0 Å². The van der Waals surface area contributed by atoms with E-state index in [0.29, 0.717) is 12.1 Å². The van der Waals surface area contributed by atoms with E-state index in [9.17, 15) is 0 Å². The normalized spacial score (nSPS) is 19.0. The molecule has 3 rings (SSSR count). The van der Waals surface area contributed by atoms with Gasteiger partial charge in [-0.2, -0.15) is 0 Å². The standard InChI is InChI=1S/C19H22ClN/c1-2-19(16-8-5-9-17(20)12-16)21-18-11-10-14-6-3-4-7-15(14)13-18/h3-9,12,18-19,21H,2,10-11,13H2,1H3. The first-order valence-corrected chi connectivity index (χ1v) is 8.22. The monoisotopic (exact) mass is 299 g/mol. The Morgan fingerprint density at radius 2 is 1.95 bits per heavy atom. The highest BCUT2D eigenvalue weighted by atomic mass is 35.5. The molecule has 0 radical (unpaired) electrons. The summed E-state index contributed by atoms with van der Waals surface area (Å²) in [6.45, 7) is 2.23. The van der Waals surface area contributed by atoms with Crippen LogP contribution in [0.2, 0.25) is 5.02 Å². The number of halogens is 1. The molecule has 21 heavy (non-hydrogen) atoms. The molecule has 1 N–H and O–H groups in total. The Morgan fingerprint density at radius 1 is 1.14 bits per heavy atom. The van der Waals surface area contributed by atoms with Crippen LogP contribution in [0.25, 0.3) is 0 Å². The number of hydrogen-bond acceptors (Lipinski definition) is 1. The number of rotatable bonds is 4. The van der Waals surface area contributed by atoms with Crippen molar-refractivity contribution >= 4 is 11.6 Å². The summed E-state index contributed by atoms with van der Waals surface area (Å²) >= 11 is 6.13. The van der Waals surface area contributed by atoms with Gasteiger partial charge in [-0.3, -0.25) is 0 Å². The van der Waals surface area contributed by atoms with Gasteiger partial charge in [0.2, 0.25) is 0 Å². The maximum absolute atomic E-state index is 6.13. The number of hydrogen-bond donors (Lipinski definition) is 1. The quantitative estimate of drug-likeness (QED) is 0.843. The van der Waals surface area contributed by atoms with Gasteiger partial charge in [0.15, 0.2) is 0 Å². The Bertz CT molecular complexity index is 608. The maximum Gasteiger partial charge on any atom is 0.0409 e. The van der Waals surface area contributed by atoms with Crippen LogP contribution in [0, 0.1) is 0 Å². The molecule has 0 saturated carbocycles. The van der Waals surface area contributed by atoms with Crippen LogP contribution in [-0.4, -0.2) is 6.04 Å². The van der Waals surface area contributed by atoms with Crippen LogP contribution in [0.1, 0.15) is 42.5 Å². The Kier molecular flexibility index (Phi) is 4.62. The highest BCUT2D eigenvalue weighted by Crippen LogP contribution is 2.25. The molecule has 2 unspecified atom stereocenters. The third-order valence-corrected chi connectivity index (χ3v) is 4.68. The van der Waals surface area contributed by atoms with Crippen LogP contribution in [0.15, 0.2) is 48.5 Å². The van der Waals surface area contributed by atoms with Crippen LogP contribution >= 0.6 is 11.6 Å². The fraction of sp³-hybridized carbons (Fsp3) is 0.368. The van der Waals surface area contributed by atoms with E-state index in [1.807, 2.05) is 12.1 Å². The second kappa shape index (κ2) is 6.64. The van der Waals surface area contributed by atoms with Crippen molar-refractivity contribution in [1.82, 2.24) is 5.32 Å². The van der Waals surface area contributed by atoms with E-state index >= 15 is 0 Å². The Hall–Kier alpha value is -1.31. The number of aryl methyl sites for hydroxylation is 1. The molecule has 1 aliphatic carbocycles. The van der Waals surface area contributed by atoms with Crippen molar-refractivity contribution in [3.05, 3.63) is 70.2 Å². The lowest BCUT2D eigenvalue weighted by Crippen LogP contribution is -2.37. The van der Waals surface area contributed by atoms with Gasteiger partial charge in [0.25, 0.3) is 0 Å². The average Bonchev–Trinajstić information content (AvgIpc) is 2.52. The van der Waals surface area contributed by atoms with E-state index in [1.165, 1.54) is 29.5 Å². The third-order valence-electron chi connectivity index (χ3n) is 4.44. The lowest BCUT2D eigenvalue weighted by atomic mass is 9.87. The summed E-state index contributed by atoms with van der Waals surface area (Å²) in [6.07, 6.45) is 4.61. The minimum absolute atomic E-state index is 0.388. The van der Waals surface area contributed by atoms with Gasteiger partial charge in [-0.1, -0.05) is 54.9 Å². The molecule has 0 aliphatic heterocycles. The van der Waals surface area contributed by atoms with Crippen LogP contribution in [0.4, 0.5) is 0 Å². The molecule has 2 aromatic rings. The molecule has 0 amide bonds. The first kappa shape index (κ1) is 14.6. The number of nitrogens with one attached hydrogen (secondary N) is 1. The van der Waals surface area contributed by atoms with E-state index < -0.39 is 0 Å². The summed E-state index contributed by atoms with van der Waals surface area (Å²) in [5.74, 6) is 0. The zero-order valence-electron chi connectivity index (χ0n) is 12.5. The van der Waals surface area contributed by atoms with Gasteiger partial charge in [0.05, 0.1) is 0 Å². The van der Waals surface area contributed by atoms with E-state index in [4.69, 9.17) is 11.6 Å². The third kappa shape index (κ3) is 3.48. The van der Waals surface area contributed by atoms with Crippen LogP contribution < -0.4 is 5.32 Å². The van der Waals surface area contributed by atoms with Crippen molar-refractivity contribution in [2.45, 2.75) is 44.7 Å². The summed E-state index contributed by atoms with van der Waals surface area (Å²) in [5, 5.41) is 4.65. The second-order valence-corrected chi connectivity index (χ2v) is 6.33. The first-order chi connectivity index (χ1) is 10.3. The van der Waals surface area contributed by atoms with Gasteiger partial charge < -0.3 is 5.32 Å². The van der Waals surface area contributed by atoms with Crippen LogP contribution in [0.5, 0.6) is 0 Å². The fourth-order valence-corrected chi connectivity index (χ4v) is 3.50. The highest BCUT2D eigenvalue weighted by Gasteiger charge is 2.21. The largest absolute Gasteiger partial charge is 0.307 e. The molecule has 2 atom stereocenters. The molecule has 0 fully saturated rings. The molecular weight excluding hydrogens is 278 g/mol. The minimum atomic E-state index is 0.388. The lowest BCUT2D eigenvalue weighted by Gasteiger charge is -2.30. The molecule has 2 aromatic carbocycles. The van der Waals surface area contributed by atoms with Crippen molar-refractivity contribution in [2.24, 2.45) is 0 Å². The van der Waals surface area contributed by atoms with Gasteiger partial charge >= 0.3 is 0 Å². The molecule has 0 bridgehead atoms. The van der Waals surface area contributed by atoms with E-state index in [-0.39, 0.29) is 0 Å². The predicted molar refractivity (Wildman–Crippen MR) is 89.9 cm³/mol. The highest BCUT2D eigenvalue weighted by molar-refractivity contribution is 6.30. The molecule has 110 valence electrons. The van der Waals surface area contributed by atoms with Gasteiger partial charge in [-0.05, 0) is 54.5 Å². The van der Waals surface area contributed by atoms with Crippen LogP contribution in [-0.2, 0) is 12.8 Å². The molecule has 2 heteroatoms. The summed E-state index contributed by atoms with van der Waals surface area (Å²) in [5.41, 5.74) is 4.32. The summed E-state index contributed by atoms with van der Waals surface area (Å²) in [4.78, 5) is 0. The van der Waals surface area contributed by atoms with Gasteiger partial charge in [0.1, 0.15) is 0 Å². The Balaban J connectivity index is 1.71. The fourth-order valence-electron chi connectivity index (χ4n) is 3.30. The van der Waals surface area contributed by atoms with Gasteiger partial charge in [-0.15, -0.1) is 0 Å². The summed E-state index contributed by atoms with van der Waals surface area (Å²) < 4.78 is 0. The predicted octanol–water partition coefficient (Wildman–Crippen LogP) is 4.94. The molecule has 0 aromatic heterocycles. The smallest absolute Gasteiger partial charge is 0.0409 e.